The van der Waals surface area contributed by atoms with Crippen molar-refractivity contribution in [1.82, 2.24) is 9.97 Å². The first kappa shape index (κ1) is 20.3. The van der Waals surface area contributed by atoms with Gasteiger partial charge in [-0.25, -0.2) is 4.98 Å². The van der Waals surface area contributed by atoms with E-state index in [1.165, 1.54) is 0 Å². The summed E-state index contributed by atoms with van der Waals surface area (Å²) < 4.78 is 12.1. The monoisotopic (exact) mass is 405 g/mol. The fraction of sp³-hybridized carbons (Fsp3) is 0.375. The number of ether oxygens (including phenoxy) is 2. The molecule has 1 unspecified atom stereocenters. The number of aryl methyl sites for hydroxylation is 2. The lowest BCUT2D eigenvalue weighted by atomic mass is 9.96. The molecular weight excluding hydrogens is 378 g/mol. The molecule has 3 aromatic rings. The van der Waals surface area contributed by atoms with Gasteiger partial charge in [-0.2, -0.15) is 0 Å². The SMILES string of the molecule is Cc1cccnc1C(=O)Nc1cc(C)c2c(OC3CCOC(C)(C)C3)nccc2c1. The number of aromatic nitrogens is 2. The van der Waals surface area contributed by atoms with Gasteiger partial charge < -0.3 is 14.8 Å². The number of nitrogens with one attached hydrogen (secondary N) is 1. The van der Waals surface area contributed by atoms with Crippen molar-refractivity contribution in [2.24, 2.45) is 0 Å². The van der Waals surface area contributed by atoms with Crippen molar-refractivity contribution in [2.75, 3.05) is 11.9 Å². The van der Waals surface area contributed by atoms with Gasteiger partial charge in [-0.05, 0) is 68.5 Å². The van der Waals surface area contributed by atoms with Crippen LogP contribution in [-0.4, -0.2) is 34.2 Å². The van der Waals surface area contributed by atoms with Crippen LogP contribution in [0.5, 0.6) is 5.88 Å². The molecule has 6 nitrogen and oxygen atoms in total. The van der Waals surface area contributed by atoms with Crippen LogP contribution in [0.2, 0.25) is 0 Å². The molecule has 6 heteroatoms. The number of amides is 1. The van der Waals surface area contributed by atoms with E-state index >= 15 is 0 Å². The molecule has 1 aliphatic heterocycles. The zero-order valence-corrected chi connectivity index (χ0v) is 17.9. The lowest BCUT2D eigenvalue weighted by Gasteiger charge is -2.35. The van der Waals surface area contributed by atoms with Crippen LogP contribution in [-0.2, 0) is 4.74 Å². The number of rotatable bonds is 4. The predicted octanol–water partition coefficient (Wildman–Crippen LogP) is 4.84. The number of pyridine rings is 2. The van der Waals surface area contributed by atoms with Crippen molar-refractivity contribution in [2.45, 2.75) is 52.2 Å². The molecule has 0 aliphatic carbocycles. The minimum absolute atomic E-state index is 0.0674. The summed E-state index contributed by atoms with van der Waals surface area (Å²) in [6.45, 7) is 8.74. The highest BCUT2D eigenvalue weighted by atomic mass is 16.5. The summed E-state index contributed by atoms with van der Waals surface area (Å²) in [5, 5.41) is 4.90. The Morgan fingerprint density at radius 2 is 2.00 bits per heavy atom. The van der Waals surface area contributed by atoms with Gasteiger partial charge in [0.25, 0.3) is 5.91 Å². The maximum atomic E-state index is 12.7. The van der Waals surface area contributed by atoms with Crippen LogP contribution in [0.1, 0.15) is 48.3 Å². The van der Waals surface area contributed by atoms with Gasteiger partial charge in [0.05, 0.1) is 12.2 Å². The Balaban J connectivity index is 1.60. The highest BCUT2D eigenvalue weighted by Gasteiger charge is 2.30. The van der Waals surface area contributed by atoms with E-state index in [0.29, 0.717) is 18.2 Å². The average Bonchev–Trinajstić information content (AvgIpc) is 2.67. The second-order valence-electron chi connectivity index (χ2n) is 8.47. The van der Waals surface area contributed by atoms with Gasteiger partial charge in [-0.1, -0.05) is 6.07 Å². The maximum absolute atomic E-state index is 12.7. The Morgan fingerprint density at radius 1 is 1.17 bits per heavy atom. The molecular formula is C24H27N3O3. The molecule has 0 spiro atoms. The molecule has 1 atom stereocenters. The van der Waals surface area contributed by atoms with Crippen LogP contribution in [0, 0.1) is 13.8 Å². The fourth-order valence-corrected chi connectivity index (χ4v) is 4.00. The van der Waals surface area contributed by atoms with Crippen molar-refractivity contribution >= 4 is 22.4 Å². The Kier molecular flexibility index (Phi) is 5.43. The van der Waals surface area contributed by atoms with E-state index in [1.54, 1.807) is 12.4 Å². The molecule has 4 rings (SSSR count). The van der Waals surface area contributed by atoms with Gasteiger partial charge in [0, 0.05) is 36.3 Å². The number of carbonyl (C=O) groups excluding carboxylic acids is 1. The maximum Gasteiger partial charge on any atom is 0.274 e. The molecule has 1 saturated heterocycles. The minimum atomic E-state index is -0.221. The topological polar surface area (TPSA) is 73.3 Å². The molecule has 1 fully saturated rings. The van der Waals surface area contributed by atoms with Crippen LogP contribution in [0.25, 0.3) is 10.8 Å². The molecule has 1 aromatic carbocycles. The minimum Gasteiger partial charge on any atom is -0.474 e. The van der Waals surface area contributed by atoms with Crippen molar-refractivity contribution < 1.29 is 14.3 Å². The van der Waals surface area contributed by atoms with Gasteiger partial charge in [0.2, 0.25) is 5.88 Å². The zero-order valence-electron chi connectivity index (χ0n) is 17.9. The number of carbonyl (C=O) groups is 1. The van der Waals surface area contributed by atoms with E-state index in [0.717, 1.165) is 40.4 Å². The highest BCUT2D eigenvalue weighted by molar-refractivity contribution is 6.05. The third-order valence-corrected chi connectivity index (χ3v) is 5.44. The molecule has 1 N–H and O–H groups in total. The van der Waals surface area contributed by atoms with Crippen molar-refractivity contribution in [1.29, 1.82) is 0 Å². The van der Waals surface area contributed by atoms with E-state index in [9.17, 15) is 4.79 Å². The van der Waals surface area contributed by atoms with Crippen LogP contribution in [0.15, 0.2) is 42.7 Å². The molecule has 30 heavy (non-hydrogen) atoms. The second-order valence-corrected chi connectivity index (χ2v) is 8.47. The Labute approximate surface area is 176 Å². The molecule has 0 radical (unpaired) electrons. The Hall–Kier alpha value is -2.99. The smallest absolute Gasteiger partial charge is 0.274 e. The third kappa shape index (κ3) is 4.28. The second kappa shape index (κ2) is 8.03. The summed E-state index contributed by atoms with van der Waals surface area (Å²) in [4.78, 5) is 21.3. The summed E-state index contributed by atoms with van der Waals surface area (Å²) in [7, 11) is 0. The van der Waals surface area contributed by atoms with Crippen LogP contribution in [0.4, 0.5) is 5.69 Å². The van der Waals surface area contributed by atoms with E-state index in [1.807, 2.05) is 44.2 Å². The highest BCUT2D eigenvalue weighted by Crippen LogP contribution is 2.33. The first-order valence-electron chi connectivity index (χ1n) is 10.3. The van der Waals surface area contributed by atoms with Gasteiger partial charge in [-0.15, -0.1) is 0 Å². The van der Waals surface area contributed by atoms with Gasteiger partial charge >= 0.3 is 0 Å². The first-order valence-corrected chi connectivity index (χ1v) is 10.3. The molecule has 0 saturated carbocycles. The zero-order chi connectivity index (χ0) is 21.3. The normalized spacial score (nSPS) is 18.2. The molecule has 156 valence electrons. The third-order valence-electron chi connectivity index (χ3n) is 5.44. The number of fused-ring (bicyclic) bond motifs is 1. The van der Waals surface area contributed by atoms with Crippen LogP contribution in [0.3, 0.4) is 0 Å². The van der Waals surface area contributed by atoms with Gasteiger partial charge in [0.1, 0.15) is 11.8 Å². The summed E-state index contributed by atoms with van der Waals surface area (Å²) in [5.74, 6) is 0.410. The first-order chi connectivity index (χ1) is 14.3. The summed E-state index contributed by atoms with van der Waals surface area (Å²) >= 11 is 0. The number of hydrogen-bond donors (Lipinski definition) is 1. The molecule has 1 aliphatic rings. The van der Waals surface area contributed by atoms with E-state index < -0.39 is 0 Å². The summed E-state index contributed by atoms with van der Waals surface area (Å²) in [6.07, 6.45) is 5.11. The quantitative estimate of drug-likeness (QED) is 0.673. The van der Waals surface area contributed by atoms with Crippen LogP contribution >= 0.6 is 0 Å². The van der Waals surface area contributed by atoms with Crippen molar-refractivity contribution in [3.8, 4) is 5.88 Å². The van der Waals surface area contributed by atoms with E-state index in [2.05, 4.69) is 29.1 Å². The summed E-state index contributed by atoms with van der Waals surface area (Å²) in [6, 6.07) is 9.52. The molecule has 1 amide bonds. The number of nitrogens with zero attached hydrogens (tertiary/aromatic N) is 2. The van der Waals surface area contributed by atoms with Crippen molar-refractivity contribution in [3.05, 3.63) is 59.5 Å². The van der Waals surface area contributed by atoms with E-state index in [4.69, 9.17) is 9.47 Å². The standard InChI is InChI=1S/C24H27N3O3/c1-15-6-5-9-25-21(15)22(28)27-18-12-16(2)20-17(13-18)7-10-26-23(20)30-19-8-11-29-24(3,4)14-19/h5-7,9-10,12-13,19H,8,11,14H2,1-4H3,(H,27,28). The van der Waals surface area contributed by atoms with E-state index in [-0.39, 0.29) is 17.6 Å². The fourth-order valence-electron chi connectivity index (χ4n) is 4.00. The van der Waals surface area contributed by atoms with Gasteiger partial charge in [-0.3, -0.25) is 9.78 Å². The molecule has 0 bridgehead atoms. The Morgan fingerprint density at radius 3 is 2.77 bits per heavy atom. The lowest BCUT2D eigenvalue weighted by Crippen LogP contribution is -2.39. The van der Waals surface area contributed by atoms with Crippen LogP contribution < -0.4 is 10.1 Å². The summed E-state index contributed by atoms with van der Waals surface area (Å²) in [5.41, 5.74) is 2.79. The molecule has 3 heterocycles. The largest absolute Gasteiger partial charge is 0.474 e. The Bertz CT molecular complexity index is 1090. The number of benzene rings is 1. The number of anilines is 1. The predicted molar refractivity (Wildman–Crippen MR) is 117 cm³/mol. The van der Waals surface area contributed by atoms with Gasteiger partial charge in [0.15, 0.2) is 0 Å². The number of hydrogen-bond acceptors (Lipinski definition) is 5. The average molecular weight is 405 g/mol. The van der Waals surface area contributed by atoms with Crippen molar-refractivity contribution in [3.63, 3.8) is 0 Å². The lowest BCUT2D eigenvalue weighted by molar-refractivity contribution is -0.0901. The molecule has 2 aromatic heterocycles.